The van der Waals surface area contributed by atoms with Crippen LogP contribution in [0.4, 0.5) is 0 Å². The topological polar surface area (TPSA) is 88.4 Å². The molecule has 13 heterocycles. The quantitative estimate of drug-likeness (QED) is 0.119. The molecule has 15 aromatic rings. The molecule has 11 aromatic heterocycles. The van der Waals surface area contributed by atoms with Gasteiger partial charge in [-0.2, -0.15) is 36.5 Å². The first kappa shape index (κ1) is 102. The maximum atomic E-state index is 6.54. The van der Waals surface area contributed by atoms with Crippen molar-refractivity contribution in [1.29, 1.82) is 0 Å². The summed E-state index contributed by atoms with van der Waals surface area (Å²) in [4.78, 5) is 22.1. The minimum atomic E-state index is -0.323. The molecule has 0 atom stereocenters. The minimum Gasteiger partial charge on any atom is -0.354 e. The molecule has 17 rings (SSSR count). The van der Waals surface area contributed by atoms with E-state index in [1.165, 1.54) is 66.8 Å². The van der Waals surface area contributed by atoms with Crippen molar-refractivity contribution in [2.24, 2.45) is 0 Å². The van der Waals surface area contributed by atoms with Crippen LogP contribution in [0.2, 0.25) is 0 Å². The van der Waals surface area contributed by atoms with Gasteiger partial charge in [0, 0.05) is 190 Å². The molecule has 8 bridgehead atoms. The number of benzene rings is 4. The summed E-state index contributed by atoms with van der Waals surface area (Å²) in [5.41, 5.74) is 34.0. The number of aromatic nitrogens is 12. The third kappa shape index (κ3) is 20.7. The van der Waals surface area contributed by atoms with Crippen LogP contribution >= 0.6 is 0 Å². The van der Waals surface area contributed by atoms with Crippen LogP contribution in [0.5, 0.6) is 0 Å². The predicted molar refractivity (Wildman–Crippen MR) is 597 cm³/mol. The molecule has 2 N–H and O–H groups in total. The molecular formula is C132H158N12+8. The van der Waals surface area contributed by atoms with Crippen molar-refractivity contribution >= 4 is 46.4 Å². The molecule has 0 saturated heterocycles. The van der Waals surface area contributed by atoms with E-state index in [2.05, 4.69) is 589 Å². The fourth-order valence-electron chi connectivity index (χ4n) is 19.8. The third-order valence-electron chi connectivity index (χ3n) is 29.4. The molecule has 12 heteroatoms. The Balaban J connectivity index is 1.18. The van der Waals surface area contributed by atoms with Gasteiger partial charge in [0.25, 0.3) is 0 Å². The first-order valence-electron chi connectivity index (χ1n) is 52.0. The fraction of sp³-hybridized carbons (Fsp3) is 0.364. The van der Waals surface area contributed by atoms with Crippen LogP contribution in [0, 0.1) is 0 Å². The number of nitrogens with zero attached hydrogens (tertiary/aromatic N) is 10. The zero-order valence-corrected chi connectivity index (χ0v) is 93.2. The van der Waals surface area contributed by atoms with E-state index in [9.17, 15) is 0 Å². The lowest BCUT2D eigenvalue weighted by molar-refractivity contribution is -0.603. The molecule has 0 fully saturated rings. The number of H-pyrrole nitrogens is 2. The lowest BCUT2D eigenvalue weighted by Crippen LogP contribution is -2.37. The van der Waals surface area contributed by atoms with Crippen LogP contribution < -0.4 is 36.5 Å². The Bertz CT molecular complexity index is 6470. The van der Waals surface area contributed by atoms with E-state index in [0.29, 0.717) is 0 Å². The smallest absolute Gasteiger partial charge is 0.225 e. The number of rotatable bonds is 12. The molecule has 2 aliphatic heterocycles. The van der Waals surface area contributed by atoms with Crippen molar-refractivity contribution in [3.8, 4) is 90.0 Å². The number of hydrogen-bond acceptors (Lipinski definition) is 2. The van der Waals surface area contributed by atoms with E-state index < -0.39 is 0 Å². The molecule has 2 aliphatic rings. The third-order valence-corrected chi connectivity index (χ3v) is 29.4. The van der Waals surface area contributed by atoms with E-state index in [0.717, 1.165) is 135 Å². The molecule has 144 heavy (non-hydrogen) atoms. The lowest BCUT2D eigenvalue weighted by Gasteiger charge is -2.22. The summed E-state index contributed by atoms with van der Waals surface area (Å²) >= 11 is 0. The van der Waals surface area contributed by atoms with Crippen molar-refractivity contribution < 1.29 is 36.5 Å². The SMILES string of the molecule is CC(C)(C)c1cc[n+](-c2cc(C(C)(C)C)cc(-[n+]3ccc(C(C)(C)C)cc3)c2-c2c3nc(c(-c4c(-[n+]5ccc(C(C)(C)C)cc5)cc(C(C)(C)C)cc4-[n+]4ccc(C(C)(C)C)cc4)c4ccc([nH]4)c(-c4c(-[n+]5ccc(C(C)(C)C)cc5)cc(C(C)(C)C)cc4-[n+]4ccc(C(C)(C)C)cc4)c4nc(c(-c5c(-[n+]6ccc(C(C)(C)C)cc6)cc(C(C)(C)C)cc5-[n+]5ccc(C(C)(C)C)cc5)c5ccc2[nH]5)C=C4)C=C3)cc1. The normalized spacial score (nSPS) is 13.4. The average molecular weight is 1910 g/mol. The molecule has 0 radical (unpaired) electrons. The van der Waals surface area contributed by atoms with Crippen LogP contribution in [-0.4, -0.2) is 19.9 Å². The van der Waals surface area contributed by atoms with Gasteiger partial charge in [-0.1, -0.05) is 249 Å². The highest BCUT2D eigenvalue weighted by molar-refractivity contribution is 6.04. The average Bonchev–Trinajstić information content (AvgIpc) is 1.54. The summed E-state index contributed by atoms with van der Waals surface area (Å²) in [6.07, 6.45) is 45.7. The number of pyridine rings is 8. The molecule has 0 unspecified atom stereocenters. The minimum absolute atomic E-state index is 0.136. The Kier molecular flexibility index (Phi) is 25.9. The fourth-order valence-corrected chi connectivity index (χ4v) is 19.8. The Morgan fingerprint density at radius 3 is 0.361 bits per heavy atom. The van der Waals surface area contributed by atoms with Gasteiger partial charge in [-0.05, 0) is 180 Å². The first-order valence-corrected chi connectivity index (χ1v) is 52.0. The number of fused-ring (bicyclic) bond motifs is 8. The second-order valence-electron chi connectivity index (χ2n) is 53.0. The maximum Gasteiger partial charge on any atom is 0.225 e. The zero-order valence-electron chi connectivity index (χ0n) is 93.2. The van der Waals surface area contributed by atoms with E-state index >= 15 is 0 Å². The molecule has 12 nitrogen and oxygen atoms in total. The Morgan fingerprint density at radius 2 is 0.257 bits per heavy atom. The number of nitrogens with one attached hydrogen (secondary N) is 2. The van der Waals surface area contributed by atoms with Crippen molar-refractivity contribution in [2.45, 2.75) is 314 Å². The molecule has 0 aliphatic carbocycles. The Hall–Kier alpha value is -13.3. The Morgan fingerprint density at radius 1 is 0.146 bits per heavy atom. The highest BCUT2D eigenvalue weighted by atomic mass is 15.0. The summed E-state index contributed by atoms with van der Waals surface area (Å²) in [6, 6.07) is 65.9. The van der Waals surface area contributed by atoms with E-state index in [1.807, 2.05) is 0 Å². The van der Waals surface area contributed by atoms with E-state index in [-0.39, 0.29) is 65.0 Å². The summed E-state index contributed by atoms with van der Waals surface area (Å²) in [5, 5.41) is 0. The second-order valence-corrected chi connectivity index (χ2v) is 53.0. The molecule has 0 saturated carbocycles. The van der Waals surface area contributed by atoms with Gasteiger partial charge < -0.3 is 9.97 Å². The summed E-state index contributed by atoms with van der Waals surface area (Å²) in [6.45, 7) is 83.3. The maximum absolute atomic E-state index is 6.54. The van der Waals surface area contributed by atoms with Crippen LogP contribution in [0.1, 0.15) is 339 Å². The van der Waals surface area contributed by atoms with Gasteiger partial charge >= 0.3 is 0 Å². The van der Waals surface area contributed by atoms with Gasteiger partial charge in [0.05, 0.1) is 22.8 Å². The van der Waals surface area contributed by atoms with Crippen molar-refractivity contribution in [2.75, 3.05) is 0 Å². The predicted octanol–water partition coefficient (Wildman–Crippen LogP) is 29.1. The van der Waals surface area contributed by atoms with Crippen LogP contribution in [0.15, 0.2) is 269 Å². The van der Waals surface area contributed by atoms with E-state index in [4.69, 9.17) is 9.97 Å². The van der Waals surface area contributed by atoms with Crippen molar-refractivity contribution in [3.63, 3.8) is 0 Å². The number of aromatic amines is 2. The van der Waals surface area contributed by atoms with Crippen molar-refractivity contribution in [3.05, 3.63) is 359 Å². The Labute approximate surface area is 859 Å². The summed E-state index contributed by atoms with van der Waals surface area (Å²) < 4.78 is 18.9. The molecule has 0 spiro atoms. The number of hydrogen-bond donors (Lipinski definition) is 2. The monoisotopic (exact) mass is 1910 g/mol. The highest BCUT2D eigenvalue weighted by Gasteiger charge is 2.42. The van der Waals surface area contributed by atoms with Gasteiger partial charge in [-0.3, -0.25) is 0 Å². The van der Waals surface area contributed by atoms with Gasteiger partial charge in [0.1, 0.15) is 22.3 Å². The highest BCUT2D eigenvalue weighted by Crippen LogP contribution is 2.49. The largest absolute Gasteiger partial charge is 0.354 e. The zero-order chi connectivity index (χ0) is 104. The van der Waals surface area contributed by atoms with Gasteiger partial charge in [0.15, 0.2) is 99.1 Å². The molecule has 0 amide bonds. The molecule has 4 aromatic carbocycles. The summed E-state index contributed by atoms with van der Waals surface area (Å²) in [5.74, 6) is 0. The van der Waals surface area contributed by atoms with Crippen molar-refractivity contribution in [1.82, 2.24) is 19.9 Å². The molecule has 738 valence electrons. The van der Waals surface area contributed by atoms with Gasteiger partial charge in [-0.25, -0.2) is 9.97 Å². The van der Waals surface area contributed by atoms with E-state index in [1.54, 1.807) is 0 Å². The molecular weight excluding hydrogens is 1750 g/mol. The van der Waals surface area contributed by atoms with Gasteiger partial charge in [0.2, 0.25) is 45.5 Å². The lowest BCUT2D eigenvalue weighted by atomic mass is 9.84. The van der Waals surface area contributed by atoms with Crippen LogP contribution in [0.3, 0.4) is 0 Å². The summed E-state index contributed by atoms with van der Waals surface area (Å²) in [7, 11) is 0. The van der Waals surface area contributed by atoms with Crippen LogP contribution in [-0.2, 0) is 65.0 Å². The second kappa shape index (κ2) is 36.5. The first-order chi connectivity index (χ1) is 66.9. The van der Waals surface area contributed by atoms with Gasteiger partial charge in [-0.15, -0.1) is 0 Å². The van der Waals surface area contributed by atoms with Crippen LogP contribution in [0.25, 0.3) is 136 Å². The standard InChI is InChI=1S/C132H158N12/c1-121(2,3)85-45-61-137(62-46-85)105-77-93(129(25,26)27)78-106(138-63-47-86(48-64-138)122(4,5)6)117(105)113-97-37-39-99(133-97)114(118-107(139-65-49-87(50-66-139)123(7,8)9)79-94(130(28,29)30)80-108(118)140-67-51-88(52-68-140)124(10,11)12)101-41-43-103(135-101)116(120-111(143-73-57-91(58-74-143)127(19,20)21)83-96(132(34,35)36)84-112(120)144-75-59-92(60-76-144)128(22,23)24)104-44-42-102(136-104)115(100-40-38-98(113)134-100)119-109(141-69-53-89(54-70-141)125(13,14)15)81-95(131(31,32)33)82-110(119)142-71-55-90(56-72-142)126(16,17)18/h37-84,133,136H,1-36H3/q+8.